The molecule has 0 saturated carbocycles. The first-order chi connectivity index (χ1) is 18.5. The number of esters is 1. The van der Waals surface area contributed by atoms with Gasteiger partial charge in [-0.15, -0.1) is 0 Å². The van der Waals surface area contributed by atoms with E-state index in [4.69, 9.17) is 9.47 Å². The van der Waals surface area contributed by atoms with Crippen molar-refractivity contribution in [2.75, 3.05) is 57.7 Å². The first-order valence-corrected chi connectivity index (χ1v) is 12.5. The number of anilines is 1. The van der Waals surface area contributed by atoms with Crippen LogP contribution in [0.4, 0.5) is 19.1 Å². The highest BCUT2D eigenvalue weighted by Crippen LogP contribution is 2.30. The molecule has 2 aliphatic rings. The van der Waals surface area contributed by atoms with Crippen molar-refractivity contribution < 1.29 is 37.0 Å². The lowest BCUT2D eigenvalue weighted by Crippen LogP contribution is -2.41. The summed E-state index contributed by atoms with van der Waals surface area (Å²) in [4.78, 5) is 43.5. The van der Waals surface area contributed by atoms with E-state index in [2.05, 4.69) is 15.7 Å². The second kappa shape index (κ2) is 11.8. The Morgan fingerprint density at radius 3 is 2.72 bits per heavy atom. The van der Waals surface area contributed by atoms with Crippen LogP contribution in [0.15, 0.2) is 24.4 Å². The van der Waals surface area contributed by atoms with E-state index in [1.807, 2.05) is 6.20 Å². The molecular formula is C25H31F3N6O5. The summed E-state index contributed by atoms with van der Waals surface area (Å²) in [6.07, 6.45) is -2.63. The van der Waals surface area contributed by atoms with Crippen molar-refractivity contribution in [3.8, 4) is 5.75 Å². The lowest BCUT2D eigenvalue weighted by molar-refractivity contribution is -0.166. The molecule has 4 rings (SSSR count). The molecule has 14 heteroatoms. The Hall–Kier alpha value is -3.97. The van der Waals surface area contributed by atoms with Gasteiger partial charge in [-0.05, 0) is 29.7 Å². The summed E-state index contributed by atoms with van der Waals surface area (Å²) in [6, 6.07) is 5.02. The number of imidazole rings is 1. The maximum absolute atomic E-state index is 13.3. The van der Waals surface area contributed by atoms with Gasteiger partial charge in [-0.3, -0.25) is 14.4 Å². The number of amides is 2. The molecule has 1 aromatic carbocycles. The molecule has 1 aromatic heterocycles. The molecule has 2 N–H and O–H groups in total. The molecule has 0 saturated heterocycles. The van der Waals surface area contributed by atoms with Crippen molar-refractivity contribution >= 4 is 23.7 Å². The summed E-state index contributed by atoms with van der Waals surface area (Å²) in [5.41, 5.74) is 5.14. The number of hydrogen-bond acceptors (Lipinski definition) is 8. The zero-order chi connectivity index (χ0) is 28.2. The van der Waals surface area contributed by atoms with Gasteiger partial charge in [0, 0.05) is 40.2 Å². The van der Waals surface area contributed by atoms with Crippen molar-refractivity contribution in [3.63, 3.8) is 0 Å². The van der Waals surface area contributed by atoms with Gasteiger partial charge in [0.1, 0.15) is 12.3 Å². The molecule has 2 aliphatic heterocycles. The average molecular weight is 553 g/mol. The molecule has 3 heterocycles. The summed E-state index contributed by atoms with van der Waals surface area (Å²) in [6.45, 7) is -0.394. The maximum Gasteiger partial charge on any atom is 0.406 e. The number of halogens is 3. The third-order valence-corrected chi connectivity index (χ3v) is 6.38. The van der Waals surface area contributed by atoms with Crippen LogP contribution in [0.25, 0.3) is 0 Å². The lowest BCUT2D eigenvalue weighted by atomic mass is 9.94. The number of carbonyl (C=O) groups excluding carboxylic acids is 3. The highest BCUT2D eigenvalue weighted by atomic mass is 19.4. The van der Waals surface area contributed by atoms with E-state index in [1.165, 1.54) is 19.0 Å². The molecule has 1 atom stereocenters. The maximum atomic E-state index is 13.3. The molecule has 0 radical (unpaired) electrons. The first-order valence-electron chi connectivity index (χ1n) is 12.5. The Bertz CT molecular complexity index is 1190. The van der Waals surface area contributed by atoms with Gasteiger partial charge >= 0.3 is 12.1 Å². The second-order valence-electron chi connectivity index (χ2n) is 9.65. The predicted octanol–water partition coefficient (Wildman–Crippen LogP) is 1.56. The molecule has 11 nitrogen and oxygen atoms in total. The van der Waals surface area contributed by atoms with Crippen LogP contribution in [-0.4, -0.2) is 90.4 Å². The number of ether oxygens (including phenoxy) is 2. The number of aromatic nitrogens is 2. The molecule has 0 aliphatic carbocycles. The number of benzene rings is 1. The van der Waals surface area contributed by atoms with Crippen LogP contribution < -0.4 is 15.5 Å². The molecule has 1 unspecified atom stereocenters. The molecule has 2 aromatic rings. The van der Waals surface area contributed by atoms with E-state index in [0.29, 0.717) is 34.8 Å². The number of rotatable bonds is 9. The van der Waals surface area contributed by atoms with Gasteiger partial charge < -0.3 is 30.0 Å². The number of hydrogen-bond donors (Lipinski definition) is 2. The number of nitrogens with zero attached hydrogens (tertiary/aromatic N) is 4. The Labute approximate surface area is 223 Å². The van der Waals surface area contributed by atoms with E-state index in [9.17, 15) is 27.6 Å². The van der Waals surface area contributed by atoms with E-state index >= 15 is 0 Å². The standard InChI is InChI=1S/C25H31F3N6O5/c1-32(2)21(35)14-39-22(36)11-17-9-16-3-4-20(10-18(16)12-33(23(17)37)15-25(26,27)28)38-8-5-19-13-34-24(31-19)29-6-7-30-34/h3-4,10,13,17,30H,5-9,11-12,14-15H2,1-2H3,(H,29,31). The average Bonchev–Trinajstić information content (AvgIpc) is 3.24. The van der Waals surface area contributed by atoms with Crippen LogP contribution in [0.1, 0.15) is 23.2 Å². The van der Waals surface area contributed by atoms with E-state index in [1.54, 1.807) is 22.9 Å². The number of likely N-dealkylation sites (N-methyl/N-ethyl adjacent to an activating group) is 1. The largest absolute Gasteiger partial charge is 0.493 e. The van der Waals surface area contributed by atoms with Gasteiger partial charge in [0.15, 0.2) is 6.61 Å². The fourth-order valence-electron chi connectivity index (χ4n) is 4.39. The van der Waals surface area contributed by atoms with Crippen LogP contribution in [0.5, 0.6) is 5.75 Å². The van der Waals surface area contributed by atoms with Crippen LogP contribution in [0.2, 0.25) is 0 Å². The van der Waals surface area contributed by atoms with Crippen LogP contribution in [0.3, 0.4) is 0 Å². The van der Waals surface area contributed by atoms with Crippen molar-refractivity contribution in [2.24, 2.45) is 5.92 Å². The number of alkyl halides is 3. The minimum Gasteiger partial charge on any atom is -0.493 e. The van der Waals surface area contributed by atoms with Gasteiger partial charge in [-0.1, -0.05) is 6.07 Å². The number of fused-ring (bicyclic) bond motifs is 2. The van der Waals surface area contributed by atoms with Gasteiger partial charge in [0.2, 0.25) is 11.9 Å². The SMILES string of the molecule is CN(C)C(=O)COC(=O)CC1Cc2ccc(OCCc3cn4c(n3)NCCN4)cc2CN(CC(F)(F)F)C1=O. The molecule has 2 amide bonds. The number of nitrogens with one attached hydrogen (secondary N) is 2. The Morgan fingerprint density at radius 2 is 2.00 bits per heavy atom. The highest BCUT2D eigenvalue weighted by molar-refractivity contribution is 5.86. The lowest BCUT2D eigenvalue weighted by Gasteiger charge is -2.25. The van der Waals surface area contributed by atoms with Crippen molar-refractivity contribution in [1.82, 2.24) is 19.5 Å². The molecule has 0 fully saturated rings. The fraction of sp³-hybridized carbons (Fsp3) is 0.520. The predicted molar refractivity (Wildman–Crippen MR) is 134 cm³/mol. The highest BCUT2D eigenvalue weighted by Gasteiger charge is 2.38. The summed E-state index contributed by atoms with van der Waals surface area (Å²) < 4.78 is 52.6. The molecular weight excluding hydrogens is 521 g/mol. The molecule has 0 spiro atoms. The minimum atomic E-state index is -4.62. The topological polar surface area (TPSA) is 118 Å². The Kier molecular flexibility index (Phi) is 8.51. The molecule has 39 heavy (non-hydrogen) atoms. The van der Waals surface area contributed by atoms with E-state index in [0.717, 1.165) is 24.7 Å². The number of carbonyl (C=O) groups is 3. The zero-order valence-corrected chi connectivity index (χ0v) is 21.7. The van der Waals surface area contributed by atoms with E-state index in [-0.39, 0.29) is 13.0 Å². The normalized spacial score (nSPS) is 16.8. The Morgan fingerprint density at radius 1 is 1.21 bits per heavy atom. The molecule has 0 bridgehead atoms. The van der Waals surface area contributed by atoms with E-state index < -0.39 is 49.5 Å². The van der Waals surface area contributed by atoms with Crippen molar-refractivity contribution in [3.05, 3.63) is 41.2 Å². The van der Waals surface area contributed by atoms with Gasteiger partial charge in [0.05, 0.1) is 30.8 Å². The van der Waals surface area contributed by atoms with Gasteiger partial charge in [-0.25, -0.2) is 9.66 Å². The monoisotopic (exact) mass is 552 g/mol. The first kappa shape index (κ1) is 28.0. The summed E-state index contributed by atoms with van der Waals surface area (Å²) in [5, 5.41) is 3.18. The summed E-state index contributed by atoms with van der Waals surface area (Å²) >= 11 is 0. The summed E-state index contributed by atoms with van der Waals surface area (Å²) in [5.74, 6) is -1.96. The van der Waals surface area contributed by atoms with Gasteiger partial charge in [0.25, 0.3) is 5.91 Å². The third-order valence-electron chi connectivity index (χ3n) is 6.38. The zero-order valence-electron chi connectivity index (χ0n) is 21.7. The van der Waals surface area contributed by atoms with Crippen molar-refractivity contribution in [1.29, 1.82) is 0 Å². The van der Waals surface area contributed by atoms with Crippen LogP contribution in [-0.2, 0) is 38.5 Å². The van der Waals surface area contributed by atoms with Gasteiger partial charge in [-0.2, -0.15) is 13.2 Å². The fourth-order valence-corrected chi connectivity index (χ4v) is 4.39. The summed E-state index contributed by atoms with van der Waals surface area (Å²) in [7, 11) is 2.99. The third kappa shape index (κ3) is 7.54. The van der Waals surface area contributed by atoms with Crippen LogP contribution in [0, 0.1) is 5.92 Å². The smallest absolute Gasteiger partial charge is 0.406 e. The Balaban J connectivity index is 1.43. The second-order valence-corrected chi connectivity index (χ2v) is 9.65. The quantitative estimate of drug-likeness (QED) is 0.450. The molecule has 212 valence electrons. The minimum absolute atomic E-state index is 0.0553. The van der Waals surface area contributed by atoms with Crippen molar-refractivity contribution in [2.45, 2.75) is 32.0 Å². The van der Waals surface area contributed by atoms with Crippen LogP contribution >= 0.6 is 0 Å².